The lowest BCUT2D eigenvalue weighted by atomic mass is 9.80. The van der Waals surface area contributed by atoms with E-state index in [-0.39, 0.29) is 0 Å². The van der Waals surface area contributed by atoms with Crippen LogP contribution in [0.4, 0.5) is 17.1 Å². The number of anilines is 3. The van der Waals surface area contributed by atoms with Crippen molar-refractivity contribution >= 4 is 81.1 Å². The lowest BCUT2D eigenvalue weighted by Crippen LogP contribution is -2.14. The van der Waals surface area contributed by atoms with Crippen molar-refractivity contribution < 1.29 is 0 Å². The Morgan fingerprint density at radius 3 is 1.76 bits per heavy atom. The fourth-order valence-corrected chi connectivity index (χ4v) is 12.6. The average Bonchev–Trinajstić information content (AvgIpc) is 3.95. The minimum atomic E-state index is 0.563. The Kier molecular flexibility index (Phi) is 9.83. The lowest BCUT2D eigenvalue weighted by Gasteiger charge is -2.32. The van der Waals surface area contributed by atoms with Gasteiger partial charge in [-0.1, -0.05) is 189 Å². The largest absolute Gasteiger partial charge is 0.309 e. The second kappa shape index (κ2) is 16.6. The first kappa shape index (κ1) is 39.6. The molecule has 2 heterocycles. The van der Waals surface area contributed by atoms with E-state index in [1.165, 1.54) is 124 Å². The molecule has 3 heteroatoms. The summed E-state index contributed by atoms with van der Waals surface area (Å²) >= 11 is 1.89. The number of thiophene rings is 1. The molecule has 2 aromatic heterocycles. The van der Waals surface area contributed by atoms with Crippen LogP contribution in [0.2, 0.25) is 0 Å². The number of fused-ring (bicyclic) bond motifs is 7. The molecular weight excluding hydrogens is 829 g/mol. The third kappa shape index (κ3) is 6.68. The summed E-state index contributed by atoms with van der Waals surface area (Å²) in [6.45, 7) is 0. The normalized spacial score (nSPS) is 13.3. The smallest absolute Gasteiger partial charge is 0.0541 e. The molecule has 0 unspecified atom stereocenters. The van der Waals surface area contributed by atoms with Gasteiger partial charge in [0.25, 0.3) is 0 Å². The summed E-state index contributed by atoms with van der Waals surface area (Å²) in [6.07, 6.45) is 6.43. The molecule has 0 N–H and O–H groups in total. The molecule has 0 bridgehead atoms. The molecule has 2 nitrogen and oxygen atoms in total. The van der Waals surface area contributed by atoms with E-state index in [4.69, 9.17) is 0 Å². The Labute approximate surface area is 395 Å². The van der Waals surface area contributed by atoms with Gasteiger partial charge in [-0.3, -0.25) is 0 Å². The van der Waals surface area contributed by atoms with Crippen molar-refractivity contribution in [2.45, 2.75) is 38.0 Å². The lowest BCUT2D eigenvalue weighted by molar-refractivity contribution is 0.445. The van der Waals surface area contributed by atoms with Gasteiger partial charge in [0, 0.05) is 58.9 Å². The van der Waals surface area contributed by atoms with Crippen LogP contribution in [0.1, 0.15) is 43.6 Å². The summed E-state index contributed by atoms with van der Waals surface area (Å²) in [4.78, 5) is 2.58. The molecule has 0 aliphatic heterocycles. The summed E-state index contributed by atoms with van der Waals surface area (Å²) < 4.78 is 5.02. The van der Waals surface area contributed by atoms with Crippen molar-refractivity contribution in [3.8, 4) is 39.1 Å². The highest BCUT2D eigenvalue weighted by Crippen LogP contribution is 2.51. The van der Waals surface area contributed by atoms with Gasteiger partial charge in [-0.15, -0.1) is 11.3 Å². The molecule has 13 rings (SSSR count). The molecule has 320 valence electrons. The molecule has 1 fully saturated rings. The van der Waals surface area contributed by atoms with Crippen LogP contribution in [0.5, 0.6) is 0 Å². The van der Waals surface area contributed by atoms with Crippen LogP contribution in [0.15, 0.2) is 224 Å². The Morgan fingerprint density at radius 1 is 0.403 bits per heavy atom. The number of para-hydroxylation sites is 5. The van der Waals surface area contributed by atoms with Gasteiger partial charge in [0.1, 0.15) is 0 Å². The van der Waals surface area contributed by atoms with E-state index in [1.54, 1.807) is 0 Å². The second-order valence-electron chi connectivity index (χ2n) is 18.2. The molecular formula is C64H48N2S. The maximum absolute atomic E-state index is 2.58. The number of nitrogens with zero attached hydrogens (tertiary/aromatic N) is 2. The van der Waals surface area contributed by atoms with Crippen LogP contribution in [0.3, 0.4) is 0 Å². The highest BCUT2D eigenvalue weighted by atomic mass is 32.1. The van der Waals surface area contributed by atoms with Crippen LogP contribution >= 0.6 is 11.3 Å². The van der Waals surface area contributed by atoms with Gasteiger partial charge >= 0.3 is 0 Å². The highest BCUT2D eigenvalue weighted by Gasteiger charge is 2.26. The first-order chi connectivity index (χ1) is 33.3. The van der Waals surface area contributed by atoms with Crippen molar-refractivity contribution in [1.82, 2.24) is 4.57 Å². The molecule has 0 amide bonds. The zero-order valence-electron chi connectivity index (χ0n) is 37.3. The third-order valence-electron chi connectivity index (χ3n) is 14.4. The van der Waals surface area contributed by atoms with Gasteiger partial charge in [-0.05, 0) is 101 Å². The predicted molar refractivity (Wildman–Crippen MR) is 288 cm³/mol. The van der Waals surface area contributed by atoms with E-state index in [0.29, 0.717) is 5.92 Å². The Hall–Kier alpha value is -7.72. The van der Waals surface area contributed by atoms with E-state index in [1.807, 2.05) is 11.3 Å². The van der Waals surface area contributed by atoms with Crippen LogP contribution < -0.4 is 4.90 Å². The molecule has 1 saturated carbocycles. The van der Waals surface area contributed by atoms with E-state index in [2.05, 4.69) is 234 Å². The monoisotopic (exact) mass is 876 g/mol. The maximum Gasteiger partial charge on any atom is 0.0541 e. The van der Waals surface area contributed by atoms with Gasteiger partial charge in [0.2, 0.25) is 0 Å². The number of benzene rings is 10. The molecule has 67 heavy (non-hydrogen) atoms. The molecule has 10 aromatic carbocycles. The number of hydrogen-bond donors (Lipinski definition) is 0. The minimum absolute atomic E-state index is 0.563. The van der Waals surface area contributed by atoms with E-state index in [9.17, 15) is 0 Å². The molecule has 1 aliphatic rings. The summed E-state index contributed by atoms with van der Waals surface area (Å²) in [5, 5.41) is 7.79. The summed E-state index contributed by atoms with van der Waals surface area (Å²) in [5.74, 6) is 0.563. The van der Waals surface area contributed by atoms with Crippen LogP contribution in [-0.2, 0) is 0 Å². The van der Waals surface area contributed by atoms with Gasteiger partial charge in [-0.2, -0.15) is 0 Å². The van der Waals surface area contributed by atoms with Gasteiger partial charge in [-0.25, -0.2) is 0 Å². The molecule has 1 aliphatic carbocycles. The van der Waals surface area contributed by atoms with Crippen LogP contribution in [0.25, 0.3) is 91.8 Å². The molecule has 0 saturated heterocycles. The molecule has 0 radical (unpaired) electrons. The zero-order chi connectivity index (χ0) is 44.3. The fraction of sp³-hybridized carbons (Fsp3) is 0.0938. The quantitative estimate of drug-likeness (QED) is 0.148. The van der Waals surface area contributed by atoms with Crippen LogP contribution in [-0.4, -0.2) is 4.57 Å². The Morgan fingerprint density at radius 2 is 0.970 bits per heavy atom. The van der Waals surface area contributed by atoms with Gasteiger partial charge < -0.3 is 9.47 Å². The number of hydrogen-bond acceptors (Lipinski definition) is 2. The number of rotatable bonds is 8. The first-order valence-corrected chi connectivity index (χ1v) is 24.7. The van der Waals surface area contributed by atoms with Crippen molar-refractivity contribution in [3.63, 3.8) is 0 Å². The predicted octanol–water partition coefficient (Wildman–Crippen LogP) is 18.8. The second-order valence-corrected chi connectivity index (χ2v) is 19.2. The van der Waals surface area contributed by atoms with E-state index in [0.717, 1.165) is 22.7 Å². The van der Waals surface area contributed by atoms with Gasteiger partial charge in [0.05, 0.1) is 28.1 Å². The third-order valence-corrected chi connectivity index (χ3v) is 15.6. The van der Waals surface area contributed by atoms with Crippen molar-refractivity contribution in [2.75, 3.05) is 4.90 Å². The molecule has 12 aromatic rings. The molecule has 0 spiro atoms. The minimum Gasteiger partial charge on any atom is -0.309 e. The topological polar surface area (TPSA) is 8.17 Å². The summed E-state index contributed by atoms with van der Waals surface area (Å²) in [7, 11) is 0. The van der Waals surface area contributed by atoms with Crippen molar-refractivity contribution in [2.24, 2.45) is 0 Å². The number of aromatic nitrogens is 1. The first-order valence-electron chi connectivity index (χ1n) is 23.9. The Balaban J connectivity index is 1.08. The maximum atomic E-state index is 2.58. The van der Waals surface area contributed by atoms with E-state index < -0.39 is 0 Å². The summed E-state index contributed by atoms with van der Waals surface area (Å²) in [5.41, 5.74) is 15.8. The van der Waals surface area contributed by atoms with Crippen molar-refractivity contribution in [1.29, 1.82) is 0 Å². The average molecular weight is 877 g/mol. The van der Waals surface area contributed by atoms with E-state index >= 15 is 0 Å². The highest BCUT2D eigenvalue weighted by molar-refractivity contribution is 7.26. The van der Waals surface area contributed by atoms with Crippen molar-refractivity contribution in [3.05, 3.63) is 230 Å². The van der Waals surface area contributed by atoms with Gasteiger partial charge in [0.15, 0.2) is 0 Å². The van der Waals surface area contributed by atoms with Crippen LogP contribution in [0, 0.1) is 0 Å². The summed E-state index contributed by atoms with van der Waals surface area (Å²) in [6, 6.07) is 83.6. The standard InChI is InChI=1S/C64H48N2S/c1-3-20-43(21-4-1)48-31-17-22-44-23-18-32-53(63(44)48)49-27-8-14-37-59(49)66(60-38-15-9-28-50(60)54-33-19-34-55-52-30-11-16-39-62(52)67-64(54)55)57-35-12-7-26-47(57)45-40-41-61-56(42-45)51-29-10-13-36-58(51)65(61)46-24-5-2-6-25-46/h2,5-19,22-43H,1,3-4,20-21H2. The zero-order valence-corrected chi connectivity index (χ0v) is 38.1. The fourth-order valence-electron chi connectivity index (χ4n) is 11.4. The Bertz CT molecular complexity index is 3810. The SMILES string of the molecule is c1ccc(-n2c3ccccc3c3cc(-c4ccccc4N(c4ccccc4-c4cccc5c4sc4ccccc45)c4ccccc4-c4cccc5cccc(C6CCCCC6)c45)ccc32)cc1. The molecule has 0 atom stereocenters.